The van der Waals surface area contributed by atoms with E-state index in [0.717, 1.165) is 34.8 Å². The number of benzene rings is 1. The summed E-state index contributed by atoms with van der Waals surface area (Å²) in [5, 5.41) is 11.2. The van der Waals surface area contributed by atoms with Crippen LogP contribution in [0.3, 0.4) is 0 Å². The maximum Gasteiger partial charge on any atom is 0.305 e. The summed E-state index contributed by atoms with van der Waals surface area (Å²) in [4.78, 5) is 10.2. The third-order valence-corrected chi connectivity index (χ3v) is 4.62. The number of rotatable bonds is 7. The molecule has 1 aliphatic carbocycles. The largest absolute Gasteiger partial charge is 0.493 e. The Balaban J connectivity index is 0.000000321. The highest BCUT2D eigenvalue weighted by molar-refractivity contribution is 5.83. The van der Waals surface area contributed by atoms with Gasteiger partial charge < -0.3 is 19.0 Å². The minimum absolute atomic E-state index is 0.123. The van der Waals surface area contributed by atoms with E-state index in [2.05, 4.69) is 4.74 Å². The van der Waals surface area contributed by atoms with Gasteiger partial charge in [-0.2, -0.15) is 0 Å². The molecule has 1 fully saturated rings. The van der Waals surface area contributed by atoms with Crippen molar-refractivity contribution in [3.63, 3.8) is 0 Å². The highest BCUT2D eigenvalue weighted by Gasteiger charge is 2.23. The first-order valence-electron chi connectivity index (χ1n) is 9.86. The van der Waals surface area contributed by atoms with Crippen LogP contribution < -0.4 is 4.74 Å². The number of aryl methyl sites for hydroxylation is 1. The molecule has 1 saturated carbocycles. The zero-order chi connectivity index (χ0) is 20.0. The molecule has 2 aromatic rings. The third-order valence-electron chi connectivity index (χ3n) is 4.62. The highest BCUT2D eigenvalue weighted by atomic mass is 16.5. The summed E-state index contributed by atoms with van der Waals surface area (Å²) in [5.74, 6) is 2.32. The smallest absolute Gasteiger partial charge is 0.305 e. The fraction of sp³-hybridized carbons (Fsp3) is 0.591. The van der Waals surface area contributed by atoms with E-state index < -0.39 is 6.10 Å². The first-order chi connectivity index (χ1) is 12.9. The van der Waals surface area contributed by atoms with Crippen LogP contribution in [0.15, 0.2) is 22.6 Å². The number of ether oxygens (including phenoxy) is 2. The van der Waals surface area contributed by atoms with Crippen LogP contribution >= 0.6 is 0 Å². The second kappa shape index (κ2) is 9.79. The lowest BCUT2D eigenvalue weighted by Crippen LogP contribution is -2.05. The molecule has 1 aromatic heterocycles. The summed E-state index contributed by atoms with van der Waals surface area (Å²) in [5.41, 5.74) is 1.83. The molecule has 150 valence electrons. The van der Waals surface area contributed by atoms with E-state index in [1.165, 1.54) is 12.8 Å². The first-order valence-corrected chi connectivity index (χ1v) is 9.86. The normalized spacial score (nSPS) is 14.6. The Morgan fingerprint density at radius 1 is 1.30 bits per heavy atom. The van der Waals surface area contributed by atoms with Gasteiger partial charge in [-0.3, -0.25) is 4.79 Å². The van der Waals surface area contributed by atoms with Crippen molar-refractivity contribution in [2.75, 3.05) is 13.2 Å². The zero-order valence-electron chi connectivity index (χ0n) is 17.1. The molecule has 1 atom stereocenters. The lowest BCUT2D eigenvalue weighted by Gasteiger charge is -2.12. The Morgan fingerprint density at radius 3 is 2.52 bits per heavy atom. The fourth-order valence-electron chi connectivity index (χ4n) is 2.66. The van der Waals surface area contributed by atoms with Crippen LogP contribution in [0.4, 0.5) is 0 Å². The van der Waals surface area contributed by atoms with Crippen molar-refractivity contribution in [3.8, 4) is 5.75 Å². The molecule has 27 heavy (non-hydrogen) atoms. The summed E-state index contributed by atoms with van der Waals surface area (Å²) in [6, 6.07) is 5.90. The van der Waals surface area contributed by atoms with E-state index in [4.69, 9.17) is 9.15 Å². The molecule has 0 amide bonds. The number of furan rings is 1. The SMILES string of the molecule is CCOC(=O)CC.Cc1c(C(O)C(C)C)oc2ccc(OCC3CC3)cc12. The summed E-state index contributed by atoms with van der Waals surface area (Å²) < 4.78 is 16.2. The number of aliphatic hydroxyl groups is 1. The van der Waals surface area contributed by atoms with Crippen LogP contribution in [0.1, 0.15) is 64.4 Å². The maximum absolute atomic E-state index is 10.2. The van der Waals surface area contributed by atoms with Gasteiger partial charge in [-0.1, -0.05) is 20.8 Å². The van der Waals surface area contributed by atoms with E-state index >= 15 is 0 Å². The number of carbonyl (C=O) groups is 1. The molecule has 1 aromatic carbocycles. The standard InChI is InChI=1S/C17H22O3.C5H10O2/c1-10(2)16(18)17-11(3)14-8-13(6-7-15(14)20-17)19-9-12-4-5-12;1-3-5(6)7-4-2/h6-8,10,12,16,18H,4-5,9H2,1-3H3;3-4H2,1-2H3. The molecule has 1 aliphatic rings. The second-order valence-electron chi connectivity index (χ2n) is 7.35. The first kappa shape index (κ1) is 21.3. The number of hydrogen-bond acceptors (Lipinski definition) is 5. The van der Waals surface area contributed by atoms with Crippen molar-refractivity contribution in [1.82, 2.24) is 0 Å². The van der Waals surface area contributed by atoms with Crippen molar-refractivity contribution >= 4 is 16.9 Å². The van der Waals surface area contributed by atoms with Gasteiger partial charge in [0.15, 0.2) is 0 Å². The van der Waals surface area contributed by atoms with Crippen molar-refractivity contribution in [2.24, 2.45) is 11.8 Å². The van der Waals surface area contributed by atoms with Gasteiger partial charge in [-0.05, 0) is 56.7 Å². The molecular formula is C22H32O5. The quantitative estimate of drug-likeness (QED) is 0.674. The maximum atomic E-state index is 10.2. The van der Waals surface area contributed by atoms with Gasteiger partial charge in [0, 0.05) is 17.4 Å². The highest BCUT2D eigenvalue weighted by Crippen LogP contribution is 2.35. The second-order valence-corrected chi connectivity index (χ2v) is 7.35. The van der Waals surface area contributed by atoms with Crippen LogP contribution in [0.2, 0.25) is 0 Å². The molecule has 5 nitrogen and oxygen atoms in total. The number of hydrogen-bond donors (Lipinski definition) is 1. The van der Waals surface area contributed by atoms with E-state index in [9.17, 15) is 9.90 Å². The van der Waals surface area contributed by atoms with E-state index in [1.54, 1.807) is 13.8 Å². The van der Waals surface area contributed by atoms with Crippen LogP contribution in [0.25, 0.3) is 11.0 Å². The predicted octanol–water partition coefficient (Wildman–Crippen LogP) is 5.18. The summed E-state index contributed by atoms with van der Waals surface area (Å²) in [7, 11) is 0. The Hall–Kier alpha value is -2.01. The summed E-state index contributed by atoms with van der Waals surface area (Å²) >= 11 is 0. The Morgan fingerprint density at radius 2 is 2.00 bits per heavy atom. The van der Waals surface area contributed by atoms with Gasteiger partial charge in [-0.15, -0.1) is 0 Å². The van der Waals surface area contributed by atoms with Crippen molar-refractivity contribution in [1.29, 1.82) is 0 Å². The average molecular weight is 376 g/mol. The molecule has 5 heteroatoms. The Bertz CT molecular complexity index is 742. The number of aliphatic hydroxyl groups excluding tert-OH is 1. The molecular weight excluding hydrogens is 344 g/mol. The number of fused-ring (bicyclic) bond motifs is 1. The van der Waals surface area contributed by atoms with Gasteiger partial charge in [0.1, 0.15) is 23.2 Å². The van der Waals surface area contributed by atoms with E-state index in [0.29, 0.717) is 18.8 Å². The molecule has 0 radical (unpaired) electrons. The van der Waals surface area contributed by atoms with Crippen molar-refractivity contribution in [3.05, 3.63) is 29.5 Å². The Kier molecular flexibility index (Phi) is 7.72. The van der Waals surface area contributed by atoms with E-state index in [-0.39, 0.29) is 11.9 Å². The van der Waals surface area contributed by atoms with E-state index in [1.807, 2.05) is 39.0 Å². The van der Waals surface area contributed by atoms with Gasteiger partial charge in [0.05, 0.1) is 13.2 Å². The summed E-state index contributed by atoms with van der Waals surface area (Å²) in [6.45, 7) is 10.8. The Labute approximate surface area is 161 Å². The number of esters is 1. The summed E-state index contributed by atoms with van der Waals surface area (Å²) in [6.07, 6.45) is 2.50. The molecule has 0 saturated heterocycles. The lowest BCUT2D eigenvalue weighted by atomic mass is 10.0. The van der Waals surface area contributed by atoms with Gasteiger partial charge in [0.25, 0.3) is 0 Å². The molecule has 1 heterocycles. The van der Waals surface area contributed by atoms with Crippen LogP contribution in [0.5, 0.6) is 5.75 Å². The fourth-order valence-corrected chi connectivity index (χ4v) is 2.66. The molecule has 1 unspecified atom stereocenters. The van der Waals surface area contributed by atoms with Crippen LogP contribution in [0, 0.1) is 18.8 Å². The minimum Gasteiger partial charge on any atom is -0.493 e. The lowest BCUT2D eigenvalue weighted by molar-refractivity contribution is -0.142. The van der Waals surface area contributed by atoms with Gasteiger partial charge in [0.2, 0.25) is 0 Å². The molecule has 1 N–H and O–H groups in total. The third kappa shape index (κ3) is 5.99. The number of carbonyl (C=O) groups excluding carboxylic acids is 1. The van der Waals surface area contributed by atoms with Crippen LogP contribution in [-0.4, -0.2) is 24.3 Å². The molecule has 3 rings (SSSR count). The molecule has 0 aliphatic heterocycles. The minimum atomic E-state index is -0.557. The zero-order valence-corrected chi connectivity index (χ0v) is 17.1. The topological polar surface area (TPSA) is 68.9 Å². The predicted molar refractivity (Wildman–Crippen MR) is 106 cm³/mol. The molecule has 0 spiro atoms. The average Bonchev–Trinajstić information content (AvgIpc) is 3.43. The van der Waals surface area contributed by atoms with Gasteiger partial charge >= 0.3 is 5.97 Å². The van der Waals surface area contributed by atoms with Gasteiger partial charge in [-0.25, -0.2) is 0 Å². The molecule has 0 bridgehead atoms. The van der Waals surface area contributed by atoms with Crippen molar-refractivity contribution < 1.29 is 23.8 Å². The van der Waals surface area contributed by atoms with Crippen LogP contribution in [-0.2, 0) is 9.53 Å². The van der Waals surface area contributed by atoms with Crippen molar-refractivity contribution in [2.45, 2.75) is 60.0 Å². The monoisotopic (exact) mass is 376 g/mol.